The fraction of sp³-hybridized carbons (Fsp3) is 0.357. The molecule has 116 valence electrons. The van der Waals surface area contributed by atoms with Gasteiger partial charge in [0.25, 0.3) is 0 Å². The highest BCUT2D eigenvalue weighted by Crippen LogP contribution is 2.28. The zero-order valence-electron chi connectivity index (χ0n) is 12.0. The predicted octanol–water partition coefficient (Wildman–Crippen LogP) is 1.97. The van der Waals surface area contributed by atoms with Crippen LogP contribution < -0.4 is 0 Å². The van der Waals surface area contributed by atoms with Crippen LogP contribution in [0.15, 0.2) is 29.4 Å². The number of nitrogens with zero attached hydrogens (tertiary/aromatic N) is 4. The molecule has 0 saturated carbocycles. The highest BCUT2D eigenvalue weighted by Gasteiger charge is 2.24. The van der Waals surface area contributed by atoms with Gasteiger partial charge in [0, 0.05) is 5.56 Å². The van der Waals surface area contributed by atoms with E-state index in [1.165, 1.54) is 23.9 Å². The fourth-order valence-corrected chi connectivity index (χ4v) is 3.08. The van der Waals surface area contributed by atoms with Gasteiger partial charge in [0.1, 0.15) is 5.82 Å². The van der Waals surface area contributed by atoms with Crippen LogP contribution in [0.2, 0.25) is 0 Å². The molecule has 1 aromatic carbocycles. The molecular weight excluding hydrogens is 307 g/mol. The Labute approximate surface area is 131 Å². The lowest BCUT2D eigenvalue weighted by molar-refractivity contribution is -0.144. The van der Waals surface area contributed by atoms with Crippen LogP contribution in [-0.4, -0.2) is 44.7 Å². The number of hydrogen-bond acceptors (Lipinski definition) is 6. The lowest BCUT2D eigenvalue weighted by atomic mass is 10.2. The van der Waals surface area contributed by atoms with Crippen molar-refractivity contribution in [3.63, 3.8) is 0 Å². The molecule has 2 aromatic rings. The van der Waals surface area contributed by atoms with E-state index in [2.05, 4.69) is 10.2 Å². The summed E-state index contributed by atoms with van der Waals surface area (Å²) in [7, 11) is 0. The monoisotopic (exact) mass is 322 g/mol. The molecule has 6 nitrogen and oxygen atoms in total. The van der Waals surface area contributed by atoms with Crippen molar-refractivity contribution in [1.82, 2.24) is 19.7 Å². The van der Waals surface area contributed by atoms with Gasteiger partial charge in [-0.25, -0.2) is 4.39 Å². The first-order chi connectivity index (χ1) is 10.7. The molecule has 0 fully saturated rings. The molecule has 22 heavy (non-hydrogen) atoms. The van der Waals surface area contributed by atoms with Crippen molar-refractivity contribution in [3.05, 3.63) is 30.1 Å². The van der Waals surface area contributed by atoms with Gasteiger partial charge in [0.2, 0.25) is 0 Å². The third-order valence-corrected chi connectivity index (χ3v) is 4.25. The lowest BCUT2D eigenvalue weighted by Gasteiger charge is -2.26. The Morgan fingerprint density at radius 3 is 2.86 bits per heavy atom. The van der Waals surface area contributed by atoms with Crippen molar-refractivity contribution in [1.29, 1.82) is 0 Å². The maximum atomic E-state index is 13.0. The Morgan fingerprint density at radius 2 is 2.14 bits per heavy atom. The van der Waals surface area contributed by atoms with Crippen molar-refractivity contribution in [2.75, 3.05) is 19.0 Å². The molecule has 1 aromatic heterocycles. The molecule has 0 aliphatic carbocycles. The maximum absolute atomic E-state index is 13.0. The topological polar surface area (TPSA) is 60.2 Å². The molecule has 8 heteroatoms. The van der Waals surface area contributed by atoms with Crippen molar-refractivity contribution in [3.8, 4) is 11.4 Å². The molecule has 0 atom stereocenters. The van der Waals surface area contributed by atoms with Crippen molar-refractivity contribution < 1.29 is 13.9 Å². The summed E-state index contributed by atoms with van der Waals surface area (Å²) in [5.41, 5.74) is 0.790. The molecule has 2 heterocycles. The number of halogens is 1. The van der Waals surface area contributed by atoms with Crippen LogP contribution in [0, 0.1) is 5.82 Å². The summed E-state index contributed by atoms with van der Waals surface area (Å²) < 4.78 is 19.9. The highest BCUT2D eigenvalue weighted by atomic mass is 32.2. The number of benzene rings is 1. The number of aromatic nitrogens is 3. The molecule has 0 unspecified atom stereocenters. The maximum Gasteiger partial charge on any atom is 0.320 e. The average Bonchev–Trinajstić information content (AvgIpc) is 2.91. The van der Waals surface area contributed by atoms with Gasteiger partial charge in [-0.15, -0.1) is 10.2 Å². The summed E-state index contributed by atoms with van der Waals surface area (Å²) >= 11 is 1.51. The summed E-state index contributed by atoms with van der Waals surface area (Å²) in [5.74, 6) is 0.778. The molecule has 0 radical (unpaired) electrons. The van der Waals surface area contributed by atoms with Crippen LogP contribution >= 0.6 is 11.8 Å². The van der Waals surface area contributed by atoms with E-state index >= 15 is 0 Å². The normalized spacial score (nSPS) is 14.6. The molecule has 0 bridgehead atoms. The van der Waals surface area contributed by atoms with Crippen LogP contribution in [0.3, 0.4) is 0 Å². The highest BCUT2D eigenvalue weighted by molar-refractivity contribution is 7.99. The second-order valence-corrected chi connectivity index (χ2v) is 5.70. The van der Waals surface area contributed by atoms with Gasteiger partial charge in [-0.2, -0.15) is 0 Å². The predicted molar refractivity (Wildman–Crippen MR) is 79.5 cm³/mol. The molecule has 0 spiro atoms. The fourth-order valence-electron chi connectivity index (χ4n) is 2.21. The van der Waals surface area contributed by atoms with Gasteiger partial charge in [0.05, 0.1) is 25.7 Å². The SMILES string of the molecule is CCOC(=O)CN1CSc2nnc(-c3ccc(F)cc3)n2C1. The van der Waals surface area contributed by atoms with Gasteiger partial charge in [-0.1, -0.05) is 11.8 Å². The Kier molecular flexibility index (Phi) is 4.39. The third-order valence-electron chi connectivity index (χ3n) is 3.19. The standard InChI is InChI=1S/C14H15FN4O2S/c1-2-21-12(20)7-18-8-19-13(16-17-14(19)22-9-18)10-3-5-11(15)6-4-10/h3-6H,2,7-9H2,1H3. The van der Waals surface area contributed by atoms with E-state index in [0.29, 0.717) is 25.0 Å². The molecule has 0 saturated heterocycles. The zero-order valence-corrected chi connectivity index (χ0v) is 12.8. The number of ether oxygens (including phenoxy) is 1. The molecule has 0 amide bonds. The van der Waals surface area contributed by atoms with E-state index in [0.717, 1.165) is 10.7 Å². The van der Waals surface area contributed by atoms with E-state index < -0.39 is 0 Å². The molecular formula is C14H15FN4O2S. The summed E-state index contributed by atoms with van der Waals surface area (Å²) in [6.07, 6.45) is 0. The first-order valence-corrected chi connectivity index (χ1v) is 7.86. The van der Waals surface area contributed by atoms with Crippen LogP contribution in [0.1, 0.15) is 6.92 Å². The lowest BCUT2D eigenvalue weighted by Crippen LogP contribution is -2.35. The number of esters is 1. The molecule has 1 aliphatic heterocycles. The molecule has 3 rings (SSSR count). The van der Waals surface area contributed by atoms with Crippen molar-refractivity contribution in [2.45, 2.75) is 18.7 Å². The average molecular weight is 322 g/mol. The number of hydrogen-bond donors (Lipinski definition) is 0. The quantitative estimate of drug-likeness (QED) is 0.802. The Balaban J connectivity index is 1.79. The van der Waals surface area contributed by atoms with E-state index in [1.54, 1.807) is 19.1 Å². The molecule has 1 aliphatic rings. The van der Waals surface area contributed by atoms with Gasteiger partial charge in [-0.3, -0.25) is 14.3 Å². The second-order valence-electron chi connectivity index (χ2n) is 4.79. The number of rotatable bonds is 4. The second kappa shape index (κ2) is 6.45. The Hall–Kier alpha value is -1.93. The van der Waals surface area contributed by atoms with Crippen LogP contribution in [0.25, 0.3) is 11.4 Å². The summed E-state index contributed by atoms with van der Waals surface area (Å²) in [5, 5.41) is 9.11. The number of thioether (sulfide) groups is 1. The van der Waals surface area contributed by atoms with E-state index in [9.17, 15) is 9.18 Å². The van der Waals surface area contributed by atoms with Gasteiger partial charge >= 0.3 is 5.97 Å². The minimum atomic E-state index is -0.291. The largest absolute Gasteiger partial charge is 0.465 e. The first kappa shape index (κ1) is 15.0. The van der Waals surface area contributed by atoms with Crippen LogP contribution in [-0.2, 0) is 16.2 Å². The minimum absolute atomic E-state index is 0.224. The van der Waals surface area contributed by atoms with E-state index in [4.69, 9.17) is 4.74 Å². The third kappa shape index (κ3) is 3.12. The molecule has 0 N–H and O–H groups in total. The Bertz CT molecular complexity index is 674. The van der Waals surface area contributed by atoms with Crippen LogP contribution in [0.5, 0.6) is 0 Å². The van der Waals surface area contributed by atoms with Gasteiger partial charge in [-0.05, 0) is 31.2 Å². The first-order valence-electron chi connectivity index (χ1n) is 6.87. The minimum Gasteiger partial charge on any atom is -0.465 e. The number of carbonyl (C=O) groups excluding carboxylic acids is 1. The van der Waals surface area contributed by atoms with Crippen LogP contribution in [0.4, 0.5) is 4.39 Å². The summed E-state index contributed by atoms with van der Waals surface area (Å²) in [6.45, 7) is 2.88. The summed E-state index contributed by atoms with van der Waals surface area (Å²) in [6, 6.07) is 6.12. The number of fused-ring (bicyclic) bond motifs is 1. The van der Waals surface area contributed by atoms with Gasteiger partial charge in [0.15, 0.2) is 11.0 Å². The zero-order chi connectivity index (χ0) is 15.5. The Morgan fingerprint density at radius 1 is 1.36 bits per heavy atom. The van der Waals surface area contributed by atoms with Gasteiger partial charge < -0.3 is 4.74 Å². The smallest absolute Gasteiger partial charge is 0.320 e. The van der Waals surface area contributed by atoms with E-state index in [1.807, 2.05) is 9.47 Å². The van der Waals surface area contributed by atoms with Crippen molar-refractivity contribution >= 4 is 17.7 Å². The van der Waals surface area contributed by atoms with Crippen molar-refractivity contribution in [2.24, 2.45) is 0 Å². The summed E-state index contributed by atoms with van der Waals surface area (Å²) in [4.78, 5) is 13.5. The number of carbonyl (C=O) groups is 1. The van der Waals surface area contributed by atoms with E-state index in [-0.39, 0.29) is 18.3 Å².